The molecule has 6 nitrogen and oxygen atoms in total. The second-order valence-electron chi connectivity index (χ2n) is 3.52. The van der Waals surface area contributed by atoms with E-state index < -0.39 is 24.3 Å². The number of ketones is 1. The third kappa shape index (κ3) is 3.49. The molecule has 1 unspecified atom stereocenters. The van der Waals surface area contributed by atoms with Crippen LogP contribution in [-0.2, 0) is 9.53 Å². The topological polar surface area (TPSA) is 104 Å². The van der Waals surface area contributed by atoms with Gasteiger partial charge in [-0.3, -0.25) is 9.78 Å². The Morgan fingerprint density at radius 3 is 2.61 bits per heavy atom. The van der Waals surface area contributed by atoms with Gasteiger partial charge in [0.1, 0.15) is 5.92 Å². The van der Waals surface area contributed by atoms with Gasteiger partial charge in [0.05, 0.1) is 11.6 Å². The van der Waals surface area contributed by atoms with E-state index in [0.29, 0.717) is 0 Å². The van der Waals surface area contributed by atoms with E-state index >= 15 is 0 Å². The number of carbonyl (C=O) groups is 2. The summed E-state index contributed by atoms with van der Waals surface area (Å²) in [6.07, 6.45) is 2.86. The quantitative estimate of drug-likeness (QED) is 0.615. The van der Waals surface area contributed by atoms with Crippen LogP contribution in [0.2, 0.25) is 0 Å². The van der Waals surface area contributed by atoms with Crippen molar-refractivity contribution in [1.82, 2.24) is 4.98 Å². The highest BCUT2D eigenvalue weighted by atomic mass is 16.5. The maximum atomic E-state index is 11.5. The van der Waals surface area contributed by atoms with E-state index in [-0.39, 0.29) is 11.3 Å². The van der Waals surface area contributed by atoms with Crippen molar-refractivity contribution in [2.75, 3.05) is 6.61 Å². The molecule has 1 N–H and O–H groups in total. The van der Waals surface area contributed by atoms with Gasteiger partial charge in [0, 0.05) is 18.1 Å². The molecular formula is C12H11N3O3. The predicted molar refractivity (Wildman–Crippen MR) is 62.0 cm³/mol. The van der Waals surface area contributed by atoms with Crippen LogP contribution in [0.4, 0.5) is 0 Å². The molecular weight excluding hydrogens is 234 g/mol. The van der Waals surface area contributed by atoms with Gasteiger partial charge in [0.2, 0.25) is 0 Å². The van der Waals surface area contributed by atoms with Crippen LogP contribution in [0.1, 0.15) is 17.3 Å². The second kappa shape index (κ2) is 6.25. The summed E-state index contributed by atoms with van der Waals surface area (Å²) in [6, 6.07) is 4.60. The summed E-state index contributed by atoms with van der Waals surface area (Å²) in [6.45, 7) is 0.839. The molecule has 0 saturated heterocycles. The van der Waals surface area contributed by atoms with Crippen molar-refractivity contribution in [3.63, 3.8) is 0 Å². The molecule has 1 aromatic heterocycles. The van der Waals surface area contributed by atoms with Crippen LogP contribution in [0.3, 0.4) is 0 Å². The Morgan fingerprint density at radius 1 is 1.50 bits per heavy atom. The number of ether oxygens (including phenoxy) is 1. The fraction of sp³-hybridized carbons (Fsp3) is 0.250. The number of aromatic nitrogens is 1. The van der Waals surface area contributed by atoms with E-state index in [1.54, 1.807) is 6.07 Å². The van der Waals surface area contributed by atoms with E-state index in [1.807, 2.05) is 0 Å². The van der Waals surface area contributed by atoms with E-state index in [9.17, 15) is 9.59 Å². The molecule has 0 aromatic carbocycles. The lowest BCUT2D eigenvalue weighted by molar-refractivity contribution is -0.122. The highest BCUT2D eigenvalue weighted by Gasteiger charge is 2.21. The fourth-order valence-corrected chi connectivity index (χ4v) is 1.20. The van der Waals surface area contributed by atoms with E-state index in [2.05, 4.69) is 4.98 Å². The fourth-order valence-electron chi connectivity index (χ4n) is 1.20. The Kier molecular flexibility index (Phi) is 4.69. The minimum atomic E-state index is -1.16. The molecule has 1 aromatic rings. The highest BCUT2D eigenvalue weighted by Crippen LogP contribution is 2.03. The maximum absolute atomic E-state index is 11.5. The van der Waals surface area contributed by atoms with E-state index in [4.69, 9.17) is 15.4 Å². The molecule has 0 aliphatic rings. The lowest BCUT2D eigenvalue weighted by Gasteiger charge is -2.07. The van der Waals surface area contributed by atoms with Gasteiger partial charge in [-0.05, 0) is 19.1 Å². The number of pyridine rings is 1. The zero-order valence-electron chi connectivity index (χ0n) is 9.71. The molecule has 0 aliphatic heterocycles. The first kappa shape index (κ1) is 13.5. The molecule has 1 atom stereocenters. The number of nitrogens with one attached hydrogen (secondary N) is 1. The van der Waals surface area contributed by atoms with Crippen LogP contribution in [0.25, 0.3) is 0 Å². The van der Waals surface area contributed by atoms with Gasteiger partial charge in [-0.2, -0.15) is 5.26 Å². The molecule has 0 saturated carbocycles. The molecule has 0 fully saturated rings. The van der Waals surface area contributed by atoms with E-state index in [1.165, 1.54) is 31.5 Å². The summed E-state index contributed by atoms with van der Waals surface area (Å²) in [5.41, 5.74) is 0.209. The van der Waals surface area contributed by atoms with Crippen molar-refractivity contribution in [2.45, 2.75) is 6.92 Å². The number of hydrogen-bond donors (Lipinski definition) is 1. The smallest absolute Gasteiger partial charge is 0.338 e. The number of hydrogen-bond acceptors (Lipinski definition) is 6. The molecule has 6 heteroatoms. The van der Waals surface area contributed by atoms with Crippen molar-refractivity contribution in [2.24, 2.45) is 5.92 Å². The van der Waals surface area contributed by atoms with Crippen LogP contribution in [0.15, 0.2) is 24.5 Å². The Balaban J connectivity index is 2.57. The number of nitriles is 1. The largest absolute Gasteiger partial charge is 0.454 e. The molecule has 92 valence electrons. The first-order chi connectivity index (χ1) is 8.56. The zero-order chi connectivity index (χ0) is 13.5. The Morgan fingerprint density at radius 2 is 2.11 bits per heavy atom. The molecule has 18 heavy (non-hydrogen) atoms. The van der Waals surface area contributed by atoms with Gasteiger partial charge < -0.3 is 10.1 Å². The van der Waals surface area contributed by atoms with E-state index in [0.717, 1.165) is 0 Å². The first-order valence-electron chi connectivity index (χ1n) is 5.10. The van der Waals surface area contributed by atoms with Crippen molar-refractivity contribution in [3.8, 4) is 6.07 Å². The van der Waals surface area contributed by atoms with Gasteiger partial charge in [0.15, 0.2) is 12.4 Å². The summed E-state index contributed by atoms with van der Waals surface area (Å²) in [5.74, 6) is -2.42. The SMILES string of the molecule is CC(=N)C(C#N)C(=O)COC(=O)c1ccncc1. The van der Waals surface area contributed by atoms with Crippen LogP contribution >= 0.6 is 0 Å². The monoisotopic (exact) mass is 245 g/mol. The number of carbonyl (C=O) groups excluding carboxylic acids is 2. The third-order valence-electron chi connectivity index (χ3n) is 2.15. The summed E-state index contributed by atoms with van der Waals surface area (Å²) in [4.78, 5) is 26.7. The van der Waals surface area contributed by atoms with Crippen LogP contribution in [0.5, 0.6) is 0 Å². The van der Waals surface area contributed by atoms with Crippen molar-refractivity contribution < 1.29 is 14.3 Å². The average molecular weight is 245 g/mol. The number of Topliss-reactive ketones (excluding diaryl/α,β-unsaturated/α-hetero) is 1. The molecule has 0 bridgehead atoms. The number of rotatable bonds is 5. The lowest BCUT2D eigenvalue weighted by Crippen LogP contribution is -2.25. The number of esters is 1. The van der Waals surface area contributed by atoms with Crippen LogP contribution < -0.4 is 0 Å². The summed E-state index contributed by atoms with van der Waals surface area (Å²) < 4.78 is 4.76. The standard InChI is InChI=1S/C12H11N3O3/c1-8(14)10(6-13)11(16)7-18-12(17)9-2-4-15-5-3-9/h2-5,10,14H,7H2,1H3. The van der Waals surface area contributed by atoms with Crippen molar-refractivity contribution in [1.29, 1.82) is 10.7 Å². The first-order valence-corrected chi connectivity index (χ1v) is 5.10. The molecule has 0 radical (unpaired) electrons. The zero-order valence-corrected chi connectivity index (χ0v) is 9.71. The average Bonchev–Trinajstić information content (AvgIpc) is 2.37. The molecule has 0 aliphatic carbocycles. The lowest BCUT2D eigenvalue weighted by atomic mass is 10.0. The van der Waals surface area contributed by atoms with Gasteiger partial charge in [0.25, 0.3) is 0 Å². The number of nitrogens with zero attached hydrogens (tertiary/aromatic N) is 2. The summed E-state index contributed by atoms with van der Waals surface area (Å²) >= 11 is 0. The minimum absolute atomic E-state index is 0.0672. The highest BCUT2D eigenvalue weighted by molar-refractivity contribution is 6.06. The minimum Gasteiger partial charge on any atom is -0.454 e. The molecule has 1 rings (SSSR count). The normalized spacial score (nSPS) is 11.1. The Hall–Kier alpha value is -2.55. The van der Waals surface area contributed by atoms with Gasteiger partial charge in [-0.25, -0.2) is 4.79 Å². The molecule has 1 heterocycles. The summed E-state index contributed by atoms with van der Waals surface area (Å²) in [5, 5.41) is 15.9. The second-order valence-corrected chi connectivity index (χ2v) is 3.52. The third-order valence-corrected chi connectivity index (χ3v) is 2.15. The van der Waals surface area contributed by atoms with Crippen LogP contribution in [0, 0.1) is 22.7 Å². The molecule has 0 spiro atoms. The predicted octanol–water partition coefficient (Wildman–Crippen LogP) is 0.987. The van der Waals surface area contributed by atoms with Crippen LogP contribution in [-0.4, -0.2) is 29.1 Å². The van der Waals surface area contributed by atoms with Gasteiger partial charge in [-0.1, -0.05) is 0 Å². The maximum Gasteiger partial charge on any atom is 0.338 e. The Labute approximate surface area is 104 Å². The van der Waals surface area contributed by atoms with Gasteiger partial charge >= 0.3 is 5.97 Å². The Bertz CT molecular complexity index is 505. The summed E-state index contributed by atoms with van der Waals surface area (Å²) in [7, 11) is 0. The van der Waals surface area contributed by atoms with Gasteiger partial charge in [-0.15, -0.1) is 0 Å². The van der Waals surface area contributed by atoms with Crippen molar-refractivity contribution in [3.05, 3.63) is 30.1 Å². The molecule has 0 amide bonds. The van der Waals surface area contributed by atoms with Crippen molar-refractivity contribution >= 4 is 17.5 Å².